The van der Waals surface area contributed by atoms with Crippen molar-refractivity contribution in [2.24, 2.45) is 0 Å². The minimum atomic E-state index is -1.15. The van der Waals surface area contributed by atoms with Crippen LogP contribution in [0.4, 0.5) is 5.00 Å². The number of thiophene rings is 1. The molecule has 3 aromatic rings. The summed E-state index contributed by atoms with van der Waals surface area (Å²) in [6, 6.07) is 9.58. The van der Waals surface area contributed by atoms with Gasteiger partial charge in [-0.15, -0.1) is 11.3 Å². The van der Waals surface area contributed by atoms with E-state index in [0.717, 1.165) is 11.6 Å². The number of benzene rings is 1. The molecule has 2 heterocycles. The summed E-state index contributed by atoms with van der Waals surface area (Å²) in [6.45, 7) is 3.22. The smallest absolute Gasteiger partial charge is 0.375 e. The van der Waals surface area contributed by atoms with Crippen molar-refractivity contribution < 1.29 is 18.7 Å². The summed E-state index contributed by atoms with van der Waals surface area (Å²) < 4.78 is 10.5. The predicted octanol–water partition coefficient (Wildman–Crippen LogP) is 3.22. The molecule has 0 radical (unpaired) electrons. The van der Waals surface area contributed by atoms with Gasteiger partial charge in [0.05, 0.1) is 10.9 Å². The maximum absolute atomic E-state index is 12.3. The third-order valence-corrected chi connectivity index (χ3v) is 4.59. The third kappa shape index (κ3) is 3.88. The molecule has 1 amide bonds. The molecule has 1 aromatic carbocycles. The Kier molecular flexibility index (Phi) is 5.05. The molecule has 0 saturated heterocycles. The summed E-state index contributed by atoms with van der Waals surface area (Å²) in [5, 5.41) is 13.9. The number of anilines is 1. The van der Waals surface area contributed by atoms with Crippen molar-refractivity contribution in [3.05, 3.63) is 62.8 Å². The largest absolute Gasteiger partial charge is 0.449 e. The molecule has 27 heavy (non-hydrogen) atoms. The maximum Gasteiger partial charge on any atom is 0.375 e. The lowest BCUT2D eigenvalue weighted by Gasteiger charge is -2.12. The summed E-state index contributed by atoms with van der Waals surface area (Å²) in [7, 11) is 0. The first-order chi connectivity index (χ1) is 12.9. The number of nitrogens with zero attached hydrogens (tertiary/aromatic N) is 1. The van der Waals surface area contributed by atoms with Gasteiger partial charge in [-0.3, -0.25) is 9.59 Å². The summed E-state index contributed by atoms with van der Waals surface area (Å²) >= 11 is 1.18. The summed E-state index contributed by atoms with van der Waals surface area (Å²) in [5.74, 6) is -1.81. The monoisotopic (exact) mass is 382 g/mol. The zero-order chi connectivity index (χ0) is 19.6. The van der Waals surface area contributed by atoms with Crippen LogP contribution in [0.3, 0.4) is 0 Å². The number of ether oxygens (including phenoxy) is 1. The lowest BCUT2D eigenvalue weighted by atomic mass is 10.1. The van der Waals surface area contributed by atoms with Gasteiger partial charge in [0.25, 0.3) is 5.91 Å². The number of carbonyl (C=O) groups excluding carboxylic acids is 2. The first-order valence-electron chi connectivity index (χ1n) is 7.93. The quantitative estimate of drug-likeness (QED) is 0.694. The number of hydrogen-bond donors (Lipinski definition) is 1. The highest BCUT2D eigenvalue weighted by molar-refractivity contribution is 7.14. The van der Waals surface area contributed by atoms with E-state index in [4.69, 9.17) is 14.4 Å². The highest BCUT2D eigenvalue weighted by Gasteiger charge is 2.22. The number of fused-ring (bicyclic) bond motifs is 1. The average molecular weight is 382 g/mol. The normalized spacial score (nSPS) is 11.6. The van der Waals surface area contributed by atoms with Crippen molar-refractivity contribution in [1.82, 2.24) is 0 Å². The summed E-state index contributed by atoms with van der Waals surface area (Å²) in [5.41, 5.74) is 1.10. The fourth-order valence-electron chi connectivity index (χ4n) is 2.35. The van der Waals surface area contributed by atoms with E-state index >= 15 is 0 Å². The lowest BCUT2D eigenvalue weighted by molar-refractivity contribution is -0.123. The SMILES string of the molecule is Cc1ccc2oc(C(=O)O[C@@H](C)C(=O)Nc3sccc3C#N)cc(=O)c2c1. The van der Waals surface area contributed by atoms with Gasteiger partial charge in [0.2, 0.25) is 5.76 Å². The van der Waals surface area contributed by atoms with Crippen molar-refractivity contribution in [3.63, 3.8) is 0 Å². The van der Waals surface area contributed by atoms with Gasteiger partial charge < -0.3 is 14.5 Å². The number of nitrogens with one attached hydrogen (secondary N) is 1. The fraction of sp³-hybridized carbons (Fsp3) is 0.158. The number of amides is 1. The number of carbonyl (C=O) groups is 2. The maximum atomic E-state index is 12.3. The van der Waals surface area contributed by atoms with Crippen molar-refractivity contribution in [1.29, 1.82) is 5.26 Å². The first kappa shape index (κ1) is 18.4. The van der Waals surface area contributed by atoms with E-state index in [0.29, 0.717) is 16.0 Å². The van der Waals surface area contributed by atoms with Gasteiger partial charge in [-0.1, -0.05) is 11.6 Å². The fourth-order valence-corrected chi connectivity index (χ4v) is 3.09. The molecule has 0 aliphatic rings. The third-order valence-electron chi connectivity index (χ3n) is 3.76. The Balaban J connectivity index is 1.75. The molecule has 7 nitrogen and oxygen atoms in total. The van der Waals surface area contributed by atoms with Crippen LogP contribution in [0.25, 0.3) is 11.0 Å². The molecule has 0 aliphatic carbocycles. The Bertz CT molecular complexity index is 1140. The Morgan fingerprint density at radius 1 is 1.30 bits per heavy atom. The van der Waals surface area contributed by atoms with Gasteiger partial charge in [-0.2, -0.15) is 5.26 Å². The Labute approximate surface area is 157 Å². The second-order valence-corrected chi connectivity index (χ2v) is 6.70. The Morgan fingerprint density at radius 2 is 2.07 bits per heavy atom. The van der Waals surface area contributed by atoms with E-state index in [1.165, 1.54) is 18.3 Å². The molecular weight excluding hydrogens is 368 g/mol. The molecular formula is C19H14N2O5S. The van der Waals surface area contributed by atoms with Crippen molar-refractivity contribution in [2.45, 2.75) is 20.0 Å². The molecule has 136 valence electrons. The van der Waals surface area contributed by atoms with Gasteiger partial charge in [-0.25, -0.2) is 4.79 Å². The number of hydrogen-bond acceptors (Lipinski definition) is 7. The van der Waals surface area contributed by atoms with Crippen molar-refractivity contribution in [2.75, 3.05) is 5.32 Å². The zero-order valence-electron chi connectivity index (χ0n) is 14.4. The van der Waals surface area contributed by atoms with E-state index in [-0.39, 0.29) is 16.8 Å². The van der Waals surface area contributed by atoms with Crippen LogP contribution in [0.2, 0.25) is 0 Å². The number of esters is 1. The molecule has 3 rings (SSSR count). The second-order valence-electron chi connectivity index (χ2n) is 5.79. The molecule has 1 atom stereocenters. The molecule has 0 bridgehead atoms. The summed E-state index contributed by atoms with van der Waals surface area (Å²) in [6.07, 6.45) is -1.15. The molecule has 0 saturated carbocycles. The van der Waals surface area contributed by atoms with Crippen LogP contribution in [-0.4, -0.2) is 18.0 Å². The van der Waals surface area contributed by atoms with Crippen molar-refractivity contribution >= 4 is 39.2 Å². The topological polar surface area (TPSA) is 109 Å². The number of nitriles is 1. The minimum Gasteiger partial charge on any atom is -0.449 e. The molecule has 0 unspecified atom stereocenters. The van der Waals surface area contributed by atoms with E-state index in [9.17, 15) is 14.4 Å². The van der Waals surface area contributed by atoms with E-state index in [1.54, 1.807) is 29.6 Å². The second kappa shape index (κ2) is 7.43. The van der Waals surface area contributed by atoms with E-state index < -0.39 is 18.0 Å². The summed E-state index contributed by atoms with van der Waals surface area (Å²) in [4.78, 5) is 36.6. The van der Waals surface area contributed by atoms with Gasteiger partial charge in [-0.05, 0) is 37.4 Å². The van der Waals surface area contributed by atoms with Crippen LogP contribution >= 0.6 is 11.3 Å². The highest BCUT2D eigenvalue weighted by atomic mass is 32.1. The van der Waals surface area contributed by atoms with Crippen LogP contribution in [0.15, 0.2) is 44.9 Å². The standard InChI is InChI=1S/C19H14N2O5S/c1-10-3-4-15-13(7-10)14(22)8-16(26-15)19(24)25-11(2)17(23)21-18-12(9-20)5-6-27-18/h3-8,11H,1-2H3,(H,21,23)/t11-/m0/s1. The lowest BCUT2D eigenvalue weighted by Crippen LogP contribution is -2.30. The molecule has 0 aliphatic heterocycles. The van der Waals surface area contributed by atoms with E-state index in [1.807, 2.05) is 13.0 Å². The highest BCUT2D eigenvalue weighted by Crippen LogP contribution is 2.22. The molecule has 0 spiro atoms. The molecule has 8 heteroatoms. The van der Waals surface area contributed by atoms with Crippen LogP contribution < -0.4 is 10.7 Å². The van der Waals surface area contributed by atoms with Crippen LogP contribution in [0, 0.1) is 18.3 Å². The van der Waals surface area contributed by atoms with Crippen LogP contribution in [0.5, 0.6) is 0 Å². The zero-order valence-corrected chi connectivity index (χ0v) is 15.3. The van der Waals surface area contributed by atoms with Gasteiger partial charge >= 0.3 is 5.97 Å². The van der Waals surface area contributed by atoms with Crippen LogP contribution in [0.1, 0.15) is 28.6 Å². The molecule has 2 aromatic heterocycles. The predicted molar refractivity (Wildman–Crippen MR) is 99.8 cm³/mol. The molecule has 1 N–H and O–H groups in total. The van der Waals surface area contributed by atoms with Gasteiger partial charge in [0.1, 0.15) is 16.7 Å². The average Bonchev–Trinajstić information content (AvgIpc) is 3.09. The minimum absolute atomic E-state index is 0.259. The number of rotatable bonds is 4. The van der Waals surface area contributed by atoms with Gasteiger partial charge in [0, 0.05) is 6.07 Å². The first-order valence-corrected chi connectivity index (χ1v) is 8.81. The Hall–Kier alpha value is -3.44. The van der Waals surface area contributed by atoms with Crippen molar-refractivity contribution in [3.8, 4) is 6.07 Å². The van der Waals surface area contributed by atoms with Gasteiger partial charge in [0.15, 0.2) is 11.5 Å². The van der Waals surface area contributed by atoms with E-state index in [2.05, 4.69) is 5.32 Å². The Morgan fingerprint density at radius 3 is 2.81 bits per heavy atom. The number of aryl methyl sites for hydroxylation is 1. The molecule has 0 fully saturated rings. The van der Waals surface area contributed by atoms with Crippen LogP contribution in [-0.2, 0) is 9.53 Å².